The van der Waals surface area contributed by atoms with Crippen molar-refractivity contribution in [1.29, 1.82) is 0 Å². The van der Waals surface area contributed by atoms with Crippen molar-refractivity contribution >= 4 is 29.3 Å². The first-order valence-corrected chi connectivity index (χ1v) is 7.55. The van der Waals surface area contributed by atoms with E-state index >= 15 is 0 Å². The van der Waals surface area contributed by atoms with E-state index in [1.807, 2.05) is 36.4 Å². The summed E-state index contributed by atoms with van der Waals surface area (Å²) in [5.41, 5.74) is 1.95. The van der Waals surface area contributed by atoms with Crippen LogP contribution >= 0.6 is 23.4 Å². The molecule has 0 fully saturated rings. The Morgan fingerprint density at radius 1 is 1.15 bits per heavy atom. The van der Waals surface area contributed by atoms with E-state index in [4.69, 9.17) is 16.7 Å². The molecule has 0 atom stereocenters. The van der Waals surface area contributed by atoms with E-state index in [1.54, 1.807) is 11.8 Å². The summed E-state index contributed by atoms with van der Waals surface area (Å²) in [6.07, 6.45) is 0.969. The molecule has 0 aromatic heterocycles. The molecule has 0 heterocycles. The Balaban J connectivity index is 2.11. The zero-order valence-corrected chi connectivity index (χ0v) is 12.7. The highest BCUT2D eigenvalue weighted by Crippen LogP contribution is 2.30. The van der Waals surface area contributed by atoms with Gasteiger partial charge in [0.1, 0.15) is 0 Å². The summed E-state index contributed by atoms with van der Waals surface area (Å²) in [7, 11) is 0. The van der Waals surface area contributed by atoms with Gasteiger partial charge in [-0.15, -0.1) is 0 Å². The highest BCUT2D eigenvalue weighted by molar-refractivity contribution is 7.99. The van der Waals surface area contributed by atoms with Gasteiger partial charge in [0.05, 0.1) is 6.42 Å². The van der Waals surface area contributed by atoms with Gasteiger partial charge in [0.15, 0.2) is 0 Å². The molecule has 0 unspecified atom stereocenters. The lowest BCUT2D eigenvalue weighted by Gasteiger charge is -2.06. The summed E-state index contributed by atoms with van der Waals surface area (Å²) < 4.78 is 0. The molecule has 2 nitrogen and oxygen atoms in total. The second kappa shape index (κ2) is 6.82. The van der Waals surface area contributed by atoms with Gasteiger partial charge in [-0.2, -0.15) is 0 Å². The maximum absolute atomic E-state index is 10.6. The minimum Gasteiger partial charge on any atom is -0.481 e. The molecule has 2 aromatic rings. The van der Waals surface area contributed by atoms with Gasteiger partial charge in [-0.05, 0) is 47.9 Å². The van der Waals surface area contributed by atoms with Gasteiger partial charge < -0.3 is 5.11 Å². The fourth-order valence-corrected chi connectivity index (χ4v) is 3.00. The summed E-state index contributed by atoms with van der Waals surface area (Å²) in [5.74, 6) is -0.810. The van der Waals surface area contributed by atoms with Crippen LogP contribution in [0.2, 0.25) is 5.02 Å². The standard InChI is InChI=1S/C16H15ClO2S/c1-2-12-10-14(7-8-15(12)17)20-13-5-3-11(4-6-13)9-16(18)19/h3-8,10H,2,9H2,1H3,(H,18,19). The third kappa shape index (κ3) is 4.02. The van der Waals surface area contributed by atoms with Crippen LogP contribution in [0.4, 0.5) is 0 Å². The number of aryl methyl sites for hydroxylation is 1. The first-order valence-electron chi connectivity index (χ1n) is 6.35. The van der Waals surface area contributed by atoms with Crippen LogP contribution in [0.3, 0.4) is 0 Å². The van der Waals surface area contributed by atoms with Gasteiger partial charge in [0.2, 0.25) is 0 Å². The van der Waals surface area contributed by atoms with Gasteiger partial charge >= 0.3 is 5.97 Å². The molecule has 104 valence electrons. The molecule has 0 aliphatic carbocycles. The smallest absolute Gasteiger partial charge is 0.307 e. The van der Waals surface area contributed by atoms with E-state index in [0.717, 1.165) is 32.4 Å². The lowest BCUT2D eigenvalue weighted by Crippen LogP contribution is -1.99. The van der Waals surface area contributed by atoms with Crippen LogP contribution in [0.15, 0.2) is 52.3 Å². The zero-order valence-electron chi connectivity index (χ0n) is 11.1. The number of carboxylic acids is 1. The molecule has 4 heteroatoms. The predicted molar refractivity (Wildman–Crippen MR) is 82.7 cm³/mol. The summed E-state index contributed by atoms with van der Waals surface area (Å²) in [4.78, 5) is 12.9. The maximum atomic E-state index is 10.6. The van der Waals surface area contributed by atoms with Crippen molar-refractivity contribution in [2.24, 2.45) is 0 Å². The van der Waals surface area contributed by atoms with Gasteiger partial charge in [0, 0.05) is 14.8 Å². The number of carboxylic acid groups (broad SMARTS) is 1. The van der Waals surface area contributed by atoms with Gasteiger partial charge in [-0.1, -0.05) is 42.4 Å². The Bertz CT molecular complexity index is 608. The summed E-state index contributed by atoms with van der Waals surface area (Å²) >= 11 is 7.75. The normalized spacial score (nSPS) is 10.5. The van der Waals surface area contributed by atoms with Crippen LogP contribution < -0.4 is 0 Å². The number of rotatable bonds is 5. The van der Waals surface area contributed by atoms with E-state index in [-0.39, 0.29) is 6.42 Å². The number of halogens is 1. The van der Waals surface area contributed by atoms with Crippen molar-refractivity contribution in [3.05, 3.63) is 58.6 Å². The summed E-state index contributed by atoms with van der Waals surface area (Å²) in [5, 5.41) is 9.54. The van der Waals surface area contributed by atoms with Crippen LogP contribution in [-0.2, 0) is 17.6 Å². The summed E-state index contributed by atoms with van der Waals surface area (Å²) in [6.45, 7) is 2.08. The van der Waals surface area contributed by atoms with E-state index < -0.39 is 5.97 Å². The monoisotopic (exact) mass is 306 g/mol. The lowest BCUT2D eigenvalue weighted by molar-refractivity contribution is -0.136. The molecule has 0 saturated carbocycles. The largest absolute Gasteiger partial charge is 0.481 e. The van der Waals surface area contributed by atoms with E-state index in [2.05, 4.69) is 13.0 Å². The van der Waals surface area contributed by atoms with Crippen LogP contribution in [0.1, 0.15) is 18.1 Å². The van der Waals surface area contributed by atoms with Crippen molar-refractivity contribution in [2.45, 2.75) is 29.6 Å². The van der Waals surface area contributed by atoms with Crippen LogP contribution in [-0.4, -0.2) is 11.1 Å². The van der Waals surface area contributed by atoms with Crippen molar-refractivity contribution in [3.8, 4) is 0 Å². The minimum absolute atomic E-state index is 0.0614. The maximum Gasteiger partial charge on any atom is 0.307 e. The fourth-order valence-electron chi connectivity index (χ4n) is 1.87. The molecule has 0 bridgehead atoms. The van der Waals surface area contributed by atoms with Gasteiger partial charge in [0.25, 0.3) is 0 Å². The third-order valence-corrected chi connectivity index (χ3v) is 4.28. The first-order chi connectivity index (χ1) is 9.58. The average molecular weight is 307 g/mol. The Kier molecular flexibility index (Phi) is 5.10. The van der Waals surface area contributed by atoms with Crippen molar-refractivity contribution in [1.82, 2.24) is 0 Å². The molecule has 2 aromatic carbocycles. The van der Waals surface area contributed by atoms with Crippen molar-refractivity contribution < 1.29 is 9.90 Å². The minimum atomic E-state index is -0.810. The quantitative estimate of drug-likeness (QED) is 0.871. The molecule has 0 amide bonds. The van der Waals surface area contributed by atoms with Crippen molar-refractivity contribution in [3.63, 3.8) is 0 Å². The van der Waals surface area contributed by atoms with Gasteiger partial charge in [-0.25, -0.2) is 0 Å². The predicted octanol–water partition coefficient (Wildman–Crippen LogP) is 4.68. The lowest BCUT2D eigenvalue weighted by atomic mass is 10.2. The Morgan fingerprint density at radius 2 is 1.80 bits per heavy atom. The first kappa shape index (κ1) is 14.9. The second-order valence-electron chi connectivity index (χ2n) is 4.42. The Labute approximate surface area is 127 Å². The average Bonchev–Trinajstić information content (AvgIpc) is 2.42. The highest BCUT2D eigenvalue weighted by Gasteiger charge is 2.04. The van der Waals surface area contributed by atoms with E-state index in [9.17, 15) is 4.79 Å². The SMILES string of the molecule is CCc1cc(Sc2ccc(CC(=O)O)cc2)ccc1Cl. The summed E-state index contributed by atoms with van der Waals surface area (Å²) in [6, 6.07) is 13.6. The third-order valence-electron chi connectivity index (χ3n) is 2.91. The van der Waals surface area contributed by atoms with Crippen LogP contribution in [0.25, 0.3) is 0 Å². The van der Waals surface area contributed by atoms with Crippen LogP contribution in [0, 0.1) is 0 Å². The number of benzene rings is 2. The second-order valence-corrected chi connectivity index (χ2v) is 5.98. The topological polar surface area (TPSA) is 37.3 Å². The molecule has 0 saturated heterocycles. The molecule has 20 heavy (non-hydrogen) atoms. The molecule has 2 rings (SSSR count). The number of hydrogen-bond acceptors (Lipinski definition) is 2. The number of carbonyl (C=O) groups is 1. The number of hydrogen-bond donors (Lipinski definition) is 1. The molecular formula is C16H15ClO2S. The fraction of sp³-hybridized carbons (Fsp3) is 0.188. The zero-order chi connectivity index (χ0) is 14.5. The Morgan fingerprint density at radius 3 is 2.40 bits per heavy atom. The molecule has 0 aliphatic heterocycles. The molecule has 1 N–H and O–H groups in total. The molecule has 0 aliphatic rings. The van der Waals surface area contributed by atoms with E-state index in [0.29, 0.717) is 0 Å². The van der Waals surface area contributed by atoms with E-state index in [1.165, 1.54) is 0 Å². The van der Waals surface area contributed by atoms with Crippen molar-refractivity contribution in [2.75, 3.05) is 0 Å². The number of aliphatic carboxylic acids is 1. The molecular weight excluding hydrogens is 292 g/mol. The molecule has 0 spiro atoms. The van der Waals surface area contributed by atoms with Crippen LogP contribution in [0.5, 0.6) is 0 Å². The Hall–Kier alpha value is -1.45. The highest BCUT2D eigenvalue weighted by atomic mass is 35.5. The van der Waals surface area contributed by atoms with Gasteiger partial charge in [-0.3, -0.25) is 4.79 Å². The molecule has 0 radical (unpaired) electrons.